The van der Waals surface area contributed by atoms with Gasteiger partial charge in [0.1, 0.15) is 5.52 Å². The highest BCUT2D eigenvalue weighted by Gasteiger charge is 2.10. The minimum absolute atomic E-state index is 0.168. The van der Waals surface area contributed by atoms with Crippen LogP contribution in [-0.2, 0) is 6.54 Å². The van der Waals surface area contributed by atoms with Crippen LogP contribution in [0, 0.1) is 0 Å². The van der Waals surface area contributed by atoms with E-state index in [1.54, 1.807) is 10.8 Å². The van der Waals surface area contributed by atoms with E-state index in [1.165, 1.54) is 0 Å². The number of H-pyrrole nitrogens is 1. The Morgan fingerprint density at radius 1 is 1.27 bits per heavy atom. The van der Waals surface area contributed by atoms with E-state index in [9.17, 15) is 4.79 Å². The Hall–Kier alpha value is -2.63. The van der Waals surface area contributed by atoms with Crippen molar-refractivity contribution in [3.63, 3.8) is 0 Å². The lowest BCUT2D eigenvalue weighted by Gasteiger charge is -2.05. The average molecular weight is 297 g/mol. The summed E-state index contributed by atoms with van der Waals surface area (Å²) in [6.07, 6.45) is 3.82. The molecule has 3 rings (SSSR count). The van der Waals surface area contributed by atoms with Crippen LogP contribution in [0.5, 0.6) is 0 Å². The predicted octanol–water partition coefficient (Wildman–Crippen LogP) is 2.38. The van der Waals surface area contributed by atoms with Gasteiger partial charge in [-0.1, -0.05) is 43.7 Å². The van der Waals surface area contributed by atoms with Crippen LogP contribution in [-0.4, -0.2) is 26.1 Å². The number of hydrogen-bond donors (Lipinski definition) is 2. The summed E-state index contributed by atoms with van der Waals surface area (Å²) < 4.78 is 1.64. The summed E-state index contributed by atoms with van der Waals surface area (Å²) in [7, 11) is 0. The maximum atomic E-state index is 12.1. The molecule has 0 spiro atoms. The first-order valence-corrected chi connectivity index (χ1v) is 7.51. The molecule has 2 heterocycles. The van der Waals surface area contributed by atoms with E-state index in [1.807, 2.05) is 30.3 Å². The molecule has 0 fully saturated rings. The summed E-state index contributed by atoms with van der Waals surface area (Å²) in [6.45, 7) is 3.45. The molecule has 114 valence electrons. The van der Waals surface area contributed by atoms with Crippen molar-refractivity contribution < 1.29 is 0 Å². The molecule has 1 aromatic carbocycles. The first-order chi connectivity index (χ1) is 10.8. The Labute approximate surface area is 128 Å². The van der Waals surface area contributed by atoms with Crippen LogP contribution >= 0.6 is 0 Å². The predicted molar refractivity (Wildman–Crippen MR) is 87.1 cm³/mol. The van der Waals surface area contributed by atoms with Gasteiger partial charge < -0.3 is 10.3 Å². The molecule has 0 unspecified atom stereocenters. The van der Waals surface area contributed by atoms with Crippen LogP contribution in [0.15, 0.2) is 41.3 Å². The standard InChI is InChI=1S/C16H19N5O/c1-2-3-9-17-15-18-10-13-14(20-15)21(16(22)19-13)11-12-7-5-4-6-8-12/h4-8,10H,2-3,9,11H2,1H3,(H,19,22)(H,17,18,20). The van der Waals surface area contributed by atoms with Crippen LogP contribution in [0.2, 0.25) is 0 Å². The number of nitrogens with zero attached hydrogens (tertiary/aromatic N) is 3. The van der Waals surface area contributed by atoms with Gasteiger partial charge in [-0.15, -0.1) is 0 Å². The van der Waals surface area contributed by atoms with Gasteiger partial charge in [0.25, 0.3) is 0 Å². The number of imidazole rings is 1. The lowest BCUT2D eigenvalue weighted by atomic mass is 10.2. The summed E-state index contributed by atoms with van der Waals surface area (Å²) in [5.74, 6) is 0.557. The van der Waals surface area contributed by atoms with E-state index < -0.39 is 0 Å². The second-order valence-corrected chi connectivity index (χ2v) is 5.21. The number of hydrogen-bond acceptors (Lipinski definition) is 4. The van der Waals surface area contributed by atoms with Crippen molar-refractivity contribution in [3.05, 3.63) is 52.6 Å². The first-order valence-electron chi connectivity index (χ1n) is 7.51. The van der Waals surface area contributed by atoms with E-state index in [0.29, 0.717) is 23.7 Å². The maximum Gasteiger partial charge on any atom is 0.328 e. The molecular weight excluding hydrogens is 278 g/mol. The van der Waals surface area contributed by atoms with Gasteiger partial charge >= 0.3 is 5.69 Å². The van der Waals surface area contributed by atoms with Crippen LogP contribution in [0.4, 0.5) is 5.95 Å². The van der Waals surface area contributed by atoms with Crippen molar-refractivity contribution in [2.24, 2.45) is 0 Å². The number of unbranched alkanes of at least 4 members (excludes halogenated alkanes) is 1. The smallest absolute Gasteiger partial charge is 0.328 e. The largest absolute Gasteiger partial charge is 0.354 e. The second-order valence-electron chi connectivity index (χ2n) is 5.21. The Morgan fingerprint density at radius 2 is 2.09 bits per heavy atom. The number of anilines is 1. The molecule has 0 atom stereocenters. The quantitative estimate of drug-likeness (QED) is 0.685. The Bertz CT molecular complexity index is 806. The minimum atomic E-state index is -0.168. The molecule has 3 aromatic rings. The Morgan fingerprint density at radius 3 is 2.86 bits per heavy atom. The maximum absolute atomic E-state index is 12.1. The third-order valence-corrected chi connectivity index (χ3v) is 3.51. The molecule has 0 saturated heterocycles. The number of fused-ring (bicyclic) bond motifs is 1. The third kappa shape index (κ3) is 3.00. The van der Waals surface area contributed by atoms with E-state index in [-0.39, 0.29) is 5.69 Å². The molecule has 22 heavy (non-hydrogen) atoms. The molecule has 0 aliphatic heterocycles. The first kappa shape index (κ1) is 14.3. The van der Waals surface area contributed by atoms with E-state index >= 15 is 0 Å². The fourth-order valence-electron chi connectivity index (χ4n) is 2.32. The number of rotatable bonds is 6. The molecule has 0 radical (unpaired) electrons. The van der Waals surface area contributed by atoms with E-state index in [4.69, 9.17) is 0 Å². The Balaban J connectivity index is 1.93. The zero-order valence-corrected chi connectivity index (χ0v) is 12.5. The molecule has 0 aliphatic carbocycles. The molecule has 0 aliphatic rings. The van der Waals surface area contributed by atoms with Gasteiger partial charge in [-0.2, -0.15) is 4.98 Å². The molecule has 0 bridgehead atoms. The highest BCUT2D eigenvalue weighted by atomic mass is 16.1. The van der Waals surface area contributed by atoms with Crippen molar-refractivity contribution in [2.75, 3.05) is 11.9 Å². The van der Waals surface area contributed by atoms with Gasteiger partial charge in [0.15, 0.2) is 5.65 Å². The normalized spacial score (nSPS) is 11.0. The average Bonchev–Trinajstić information content (AvgIpc) is 2.84. The highest BCUT2D eigenvalue weighted by Crippen LogP contribution is 2.11. The van der Waals surface area contributed by atoms with Crippen LogP contribution in [0.3, 0.4) is 0 Å². The minimum Gasteiger partial charge on any atom is -0.354 e. The fraction of sp³-hybridized carbons (Fsp3) is 0.312. The molecule has 0 amide bonds. The number of benzene rings is 1. The summed E-state index contributed by atoms with van der Waals surface area (Å²) in [4.78, 5) is 23.6. The second kappa shape index (κ2) is 6.43. The fourth-order valence-corrected chi connectivity index (χ4v) is 2.32. The summed E-state index contributed by atoms with van der Waals surface area (Å²) in [5, 5.41) is 3.19. The summed E-state index contributed by atoms with van der Waals surface area (Å²) >= 11 is 0. The number of aromatic nitrogens is 4. The van der Waals surface area contributed by atoms with Gasteiger partial charge in [0.05, 0.1) is 12.7 Å². The van der Waals surface area contributed by atoms with Gasteiger partial charge in [0.2, 0.25) is 5.95 Å². The topological polar surface area (TPSA) is 75.6 Å². The summed E-state index contributed by atoms with van der Waals surface area (Å²) in [6, 6.07) is 9.86. The van der Waals surface area contributed by atoms with Crippen molar-refractivity contribution in [1.82, 2.24) is 19.5 Å². The molecular formula is C16H19N5O. The van der Waals surface area contributed by atoms with E-state index in [0.717, 1.165) is 24.9 Å². The zero-order valence-electron chi connectivity index (χ0n) is 12.5. The SMILES string of the molecule is CCCCNc1ncc2[nH]c(=O)n(Cc3ccccc3)c2n1. The summed E-state index contributed by atoms with van der Waals surface area (Å²) in [5.41, 5.74) is 2.17. The molecule has 6 heteroatoms. The van der Waals surface area contributed by atoms with Crippen LogP contribution in [0.25, 0.3) is 11.2 Å². The highest BCUT2D eigenvalue weighted by molar-refractivity contribution is 5.70. The van der Waals surface area contributed by atoms with Gasteiger partial charge in [-0.25, -0.2) is 9.78 Å². The van der Waals surface area contributed by atoms with Crippen LogP contribution in [0.1, 0.15) is 25.3 Å². The molecule has 2 aromatic heterocycles. The number of nitrogens with one attached hydrogen (secondary N) is 2. The van der Waals surface area contributed by atoms with Crippen molar-refractivity contribution in [3.8, 4) is 0 Å². The monoisotopic (exact) mass is 297 g/mol. The third-order valence-electron chi connectivity index (χ3n) is 3.51. The lowest BCUT2D eigenvalue weighted by Crippen LogP contribution is -2.18. The van der Waals surface area contributed by atoms with Gasteiger partial charge in [0, 0.05) is 6.54 Å². The molecule has 2 N–H and O–H groups in total. The van der Waals surface area contributed by atoms with Crippen molar-refractivity contribution in [2.45, 2.75) is 26.3 Å². The number of aromatic amines is 1. The van der Waals surface area contributed by atoms with Crippen molar-refractivity contribution >= 4 is 17.1 Å². The molecule has 0 saturated carbocycles. The van der Waals surface area contributed by atoms with Crippen molar-refractivity contribution in [1.29, 1.82) is 0 Å². The van der Waals surface area contributed by atoms with Gasteiger partial charge in [-0.05, 0) is 12.0 Å². The van der Waals surface area contributed by atoms with E-state index in [2.05, 4.69) is 27.2 Å². The zero-order chi connectivity index (χ0) is 15.4. The lowest BCUT2D eigenvalue weighted by molar-refractivity contribution is 0.776. The van der Waals surface area contributed by atoms with Gasteiger partial charge in [-0.3, -0.25) is 4.57 Å². The van der Waals surface area contributed by atoms with Crippen LogP contribution < -0.4 is 11.0 Å². The Kier molecular flexibility index (Phi) is 4.18. The molecule has 6 nitrogen and oxygen atoms in total.